The third-order valence-corrected chi connectivity index (χ3v) is 4.66. The highest BCUT2D eigenvalue weighted by Crippen LogP contribution is 2.24. The van der Waals surface area contributed by atoms with Crippen LogP contribution in [0.3, 0.4) is 0 Å². The van der Waals surface area contributed by atoms with Gasteiger partial charge < -0.3 is 21.1 Å². The summed E-state index contributed by atoms with van der Waals surface area (Å²) in [6, 6.07) is 9.91. The molecule has 0 spiro atoms. The van der Waals surface area contributed by atoms with E-state index in [4.69, 9.17) is 17.3 Å². The fraction of sp³-hybridized carbons (Fsp3) is 0.316. The number of halogens is 1. The first-order chi connectivity index (χ1) is 11.9. The van der Waals surface area contributed by atoms with Crippen molar-refractivity contribution in [2.24, 2.45) is 0 Å². The van der Waals surface area contributed by atoms with Crippen molar-refractivity contribution < 1.29 is 5.11 Å². The SMILES string of the molecule is CC(C)(Cc1c[nH]c2ccccc12)NC[C@H](O)c1cnc(N)c(Cl)c1. The van der Waals surface area contributed by atoms with Crippen LogP contribution < -0.4 is 11.1 Å². The maximum atomic E-state index is 10.4. The van der Waals surface area contributed by atoms with Crippen molar-refractivity contribution in [1.82, 2.24) is 15.3 Å². The van der Waals surface area contributed by atoms with Gasteiger partial charge in [-0.2, -0.15) is 0 Å². The van der Waals surface area contributed by atoms with Gasteiger partial charge in [-0.15, -0.1) is 0 Å². The molecule has 25 heavy (non-hydrogen) atoms. The van der Waals surface area contributed by atoms with Crippen LogP contribution in [0.4, 0.5) is 5.82 Å². The fourth-order valence-electron chi connectivity index (χ4n) is 2.95. The van der Waals surface area contributed by atoms with Gasteiger partial charge in [0.2, 0.25) is 0 Å². The van der Waals surface area contributed by atoms with E-state index < -0.39 is 6.10 Å². The Hall–Kier alpha value is -2.08. The molecule has 0 amide bonds. The highest BCUT2D eigenvalue weighted by Gasteiger charge is 2.21. The Morgan fingerprint density at radius 3 is 2.88 bits per heavy atom. The Kier molecular flexibility index (Phi) is 4.99. The van der Waals surface area contributed by atoms with E-state index in [0.29, 0.717) is 17.1 Å². The average molecular weight is 359 g/mol. The monoisotopic (exact) mass is 358 g/mol. The second kappa shape index (κ2) is 7.04. The van der Waals surface area contributed by atoms with Crippen LogP contribution in [-0.4, -0.2) is 27.2 Å². The molecule has 0 bridgehead atoms. The fourth-order valence-corrected chi connectivity index (χ4v) is 3.13. The number of aliphatic hydroxyl groups is 1. The van der Waals surface area contributed by atoms with Crippen molar-refractivity contribution in [3.05, 3.63) is 58.9 Å². The maximum absolute atomic E-state index is 10.4. The normalized spacial score (nSPS) is 13.3. The molecule has 2 aromatic heterocycles. The van der Waals surface area contributed by atoms with Crippen LogP contribution in [0.5, 0.6) is 0 Å². The number of para-hydroxylation sites is 1. The lowest BCUT2D eigenvalue weighted by molar-refractivity contribution is 0.160. The summed E-state index contributed by atoms with van der Waals surface area (Å²) < 4.78 is 0. The first kappa shape index (κ1) is 17.7. The Morgan fingerprint density at radius 1 is 1.36 bits per heavy atom. The van der Waals surface area contributed by atoms with Crippen LogP contribution in [0.15, 0.2) is 42.7 Å². The van der Waals surface area contributed by atoms with Gasteiger partial charge in [0.05, 0.1) is 11.1 Å². The lowest BCUT2D eigenvalue weighted by Crippen LogP contribution is -2.43. The van der Waals surface area contributed by atoms with E-state index in [9.17, 15) is 5.11 Å². The Morgan fingerprint density at radius 2 is 2.12 bits per heavy atom. The lowest BCUT2D eigenvalue weighted by atomic mass is 9.94. The van der Waals surface area contributed by atoms with Gasteiger partial charge in [-0.25, -0.2) is 4.98 Å². The topological polar surface area (TPSA) is 87.0 Å². The van der Waals surface area contributed by atoms with E-state index in [1.807, 2.05) is 18.3 Å². The predicted octanol–water partition coefficient (Wildman–Crippen LogP) is 3.44. The van der Waals surface area contributed by atoms with Crippen LogP contribution in [0.25, 0.3) is 10.9 Å². The van der Waals surface area contributed by atoms with Crippen molar-refractivity contribution in [3.63, 3.8) is 0 Å². The van der Waals surface area contributed by atoms with Gasteiger partial charge in [0, 0.05) is 40.9 Å². The lowest BCUT2D eigenvalue weighted by Gasteiger charge is -2.28. The molecule has 2 heterocycles. The second-order valence-electron chi connectivity index (χ2n) is 6.95. The molecule has 6 heteroatoms. The van der Waals surface area contributed by atoms with E-state index in [1.165, 1.54) is 10.9 Å². The van der Waals surface area contributed by atoms with E-state index in [2.05, 4.69) is 41.3 Å². The average Bonchev–Trinajstić information content (AvgIpc) is 2.98. The summed E-state index contributed by atoms with van der Waals surface area (Å²) >= 11 is 5.98. The maximum Gasteiger partial charge on any atom is 0.142 e. The molecule has 1 atom stereocenters. The van der Waals surface area contributed by atoms with Gasteiger partial charge in [-0.1, -0.05) is 29.8 Å². The number of nitrogen functional groups attached to an aromatic ring is 1. The zero-order chi connectivity index (χ0) is 18.0. The molecule has 0 radical (unpaired) electrons. The van der Waals surface area contributed by atoms with Gasteiger partial charge in [0.25, 0.3) is 0 Å². The molecule has 3 rings (SSSR count). The number of benzene rings is 1. The molecule has 0 saturated carbocycles. The third-order valence-electron chi connectivity index (χ3n) is 4.36. The number of nitrogens with zero attached hydrogens (tertiary/aromatic N) is 1. The summed E-state index contributed by atoms with van der Waals surface area (Å²) in [5, 5.41) is 15.4. The van der Waals surface area contributed by atoms with Gasteiger partial charge in [0.15, 0.2) is 0 Å². The summed E-state index contributed by atoms with van der Waals surface area (Å²) in [7, 11) is 0. The number of pyridine rings is 1. The van der Waals surface area contributed by atoms with Gasteiger partial charge in [-0.05, 0) is 38.0 Å². The Balaban J connectivity index is 1.65. The van der Waals surface area contributed by atoms with E-state index in [-0.39, 0.29) is 11.4 Å². The second-order valence-corrected chi connectivity index (χ2v) is 7.36. The number of hydrogen-bond acceptors (Lipinski definition) is 4. The predicted molar refractivity (Wildman–Crippen MR) is 103 cm³/mol. The molecule has 0 fully saturated rings. The number of nitrogens with two attached hydrogens (primary N) is 1. The van der Waals surface area contributed by atoms with E-state index in [0.717, 1.165) is 11.9 Å². The number of fused-ring (bicyclic) bond motifs is 1. The molecule has 5 nitrogen and oxygen atoms in total. The van der Waals surface area contributed by atoms with E-state index in [1.54, 1.807) is 12.3 Å². The van der Waals surface area contributed by atoms with Crippen molar-refractivity contribution in [2.75, 3.05) is 12.3 Å². The molecule has 0 aliphatic carbocycles. The highest BCUT2D eigenvalue weighted by atomic mass is 35.5. The summed E-state index contributed by atoms with van der Waals surface area (Å²) in [5.74, 6) is 0.269. The summed E-state index contributed by atoms with van der Waals surface area (Å²) in [6.07, 6.45) is 3.74. The standard InChI is InChI=1S/C19H23ClN4O/c1-19(2,8-13-10-22-16-6-4-3-5-14(13)16)24-11-17(25)12-7-15(20)18(21)23-9-12/h3-7,9-10,17,22,24-25H,8,11H2,1-2H3,(H2,21,23)/t17-/m0/s1. The zero-order valence-electron chi connectivity index (χ0n) is 14.4. The van der Waals surface area contributed by atoms with Crippen LogP contribution in [0.2, 0.25) is 5.02 Å². The molecule has 5 N–H and O–H groups in total. The van der Waals surface area contributed by atoms with Crippen LogP contribution in [0.1, 0.15) is 31.1 Å². The number of aromatic nitrogens is 2. The van der Waals surface area contributed by atoms with Gasteiger partial charge >= 0.3 is 0 Å². The van der Waals surface area contributed by atoms with Crippen LogP contribution >= 0.6 is 11.6 Å². The number of hydrogen-bond donors (Lipinski definition) is 4. The minimum Gasteiger partial charge on any atom is -0.387 e. The molecule has 3 aromatic rings. The minimum atomic E-state index is -0.701. The van der Waals surface area contributed by atoms with E-state index >= 15 is 0 Å². The summed E-state index contributed by atoms with van der Waals surface area (Å²) in [4.78, 5) is 7.29. The smallest absolute Gasteiger partial charge is 0.142 e. The number of nitrogens with one attached hydrogen (secondary N) is 2. The number of aromatic amines is 1. The molecule has 0 unspecified atom stereocenters. The zero-order valence-corrected chi connectivity index (χ0v) is 15.1. The van der Waals surface area contributed by atoms with Crippen LogP contribution in [0, 0.1) is 0 Å². The third kappa shape index (κ3) is 4.12. The van der Waals surface area contributed by atoms with Crippen molar-refractivity contribution in [3.8, 4) is 0 Å². The summed E-state index contributed by atoms with van der Waals surface area (Å²) in [5.41, 5.74) is 8.46. The van der Waals surface area contributed by atoms with Crippen molar-refractivity contribution in [2.45, 2.75) is 31.9 Å². The van der Waals surface area contributed by atoms with Gasteiger partial charge in [-0.3, -0.25) is 0 Å². The molecule has 1 aromatic carbocycles. The molecular weight excluding hydrogens is 336 g/mol. The molecule has 132 valence electrons. The largest absolute Gasteiger partial charge is 0.387 e. The number of β-amino-alcohol motifs (C(OH)–C–C–N with tert-alkyl or cyclic N) is 1. The number of H-pyrrole nitrogens is 1. The quantitative estimate of drug-likeness (QED) is 0.543. The highest BCUT2D eigenvalue weighted by molar-refractivity contribution is 6.32. The number of anilines is 1. The minimum absolute atomic E-state index is 0.184. The molecule has 0 saturated heterocycles. The van der Waals surface area contributed by atoms with Crippen molar-refractivity contribution in [1.29, 1.82) is 0 Å². The molecule has 0 aliphatic rings. The number of rotatable bonds is 6. The Bertz CT molecular complexity index is 875. The molecule has 0 aliphatic heterocycles. The Labute approximate surface area is 152 Å². The van der Waals surface area contributed by atoms with Gasteiger partial charge in [0.1, 0.15) is 5.82 Å². The van der Waals surface area contributed by atoms with Crippen LogP contribution in [-0.2, 0) is 6.42 Å². The van der Waals surface area contributed by atoms with Crippen molar-refractivity contribution >= 4 is 28.3 Å². The number of aliphatic hydroxyl groups excluding tert-OH is 1. The first-order valence-corrected chi connectivity index (χ1v) is 8.62. The molecular formula is C19H23ClN4O. The first-order valence-electron chi connectivity index (χ1n) is 8.25. The summed E-state index contributed by atoms with van der Waals surface area (Å²) in [6.45, 7) is 4.64.